The van der Waals surface area contributed by atoms with Crippen molar-refractivity contribution in [2.75, 3.05) is 22.6 Å². The van der Waals surface area contributed by atoms with Crippen molar-refractivity contribution < 1.29 is 14.3 Å². The van der Waals surface area contributed by atoms with E-state index in [2.05, 4.69) is 26.6 Å². The molecule has 0 aliphatic carbocycles. The van der Waals surface area contributed by atoms with E-state index < -0.39 is 0 Å². The Hall–Kier alpha value is -1.27. The highest BCUT2D eigenvalue weighted by molar-refractivity contribution is 9.09. The summed E-state index contributed by atoms with van der Waals surface area (Å²) in [6, 6.07) is 3.15. The van der Waals surface area contributed by atoms with Crippen LogP contribution in [0.1, 0.15) is 6.42 Å². The maximum absolute atomic E-state index is 11.5. The van der Waals surface area contributed by atoms with Crippen LogP contribution in [0.3, 0.4) is 0 Å². The van der Waals surface area contributed by atoms with Gasteiger partial charge < -0.3 is 15.4 Å². The molecule has 0 radical (unpaired) electrons. The molecule has 1 heterocycles. The number of hydrogen-bond acceptors (Lipinski definition) is 3. The van der Waals surface area contributed by atoms with Crippen molar-refractivity contribution in [1.29, 1.82) is 0 Å². The maximum atomic E-state index is 11.5. The zero-order valence-corrected chi connectivity index (χ0v) is 11.6. The number of fused-ring (bicyclic) bond motifs is 1. The number of carbonyl (C=O) groups excluding carboxylic acids is 2. The first-order valence-electron chi connectivity index (χ1n) is 5.22. The van der Waals surface area contributed by atoms with Crippen LogP contribution in [-0.4, -0.2) is 23.8 Å². The quantitative estimate of drug-likeness (QED) is 0.835. The summed E-state index contributed by atoms with van der Waals surface area (Å²) in [6.07, 6.45) is 0.352. The van der Waals surface area contributed by atoms with E-state index in [1.54, 1.807) is 12.1 Å². The Bertz CT molecular complexity index is 507. The van der Waals surface area contributed by atoms with Gasteiger partial charge in [0.15, 0.2) is 6.61 Å². The van der Waals surface area contributed by atoms with Gasteiger partial charge in [-0.2, -0.15) is 0 Å². The Morgan fingerprint density at radius 1 is 1.56 bits per heavy atom. The molecule has 0 saturated carbocycles. The zero-order chi connectivity index (χ0) is 13.1. The van der Waals surface area contributed by atoms with Crippen molar-refractivity contribution in [2.24, 2.45) is 0 Å². The van der Waals surface area contributed by atoms with Crippen LogP contribution in [-0.2, 0) is 9.59 Å². The third kappa shape index (κ3) is 2.94. The average molecular weight is 334 g/mol. The minimum atomic E-state index is -0.227. The fourth-order valence-electron chi connectivity index (χ4n) is 1.49. The number of benzene rings is 1. The standard InChI is InChI=1S/C11H10BrClN2O3/c12-2-1-10(16)14-7-4-9-8(3-6(7)13)15-11(17)5-18-9/h3-4H,1-2,5H2,(H,14,16)(H,15,17). The second-order valence-corrected chi connectivity index (χ2v) is 4.85. The highest BCUT2D eigenvalue weighted by Gasteiger charge is 2.18. The number of halogens is 2. The van der Waals surface area contributed by atoms with E-state index in [1.165, 1.54) is 0 Å². The smallest absolute Gasteiger partial charge is 0.262 e. The van der Waals surface area contributed by atoms with Crippen LogP contribution >= 0.6 is 27.5 Å². The van der Waals surface area contributed by atoms with Gasteiger partial charge in [-0.3, -0.25) is 9.59 Å². The van der Waals surface area contributed by atoms with Crippen molar-refractivity contribution in [3.63, 3.8) is 0 Å². The second kappa shape index (κ2) is 5.58. The fraction of sp³-hybridized carbons (Fsp3) is 0.273. The number of alkyl halides is 1. The topological polar surface area (TPSA) is 67.4 Å². The summed E-state index contributed by atoms with van der Waals surface area (Å²) in [5.41, 5.74) is 0.979. The summed E-state index contributed by atoms with van der Waals surface area (Å²) in [6.45, 7) is -0.0383. The Kier molecular flexibility index (Phi) is 4.08. The highest BCUT2D eigenvalue weighted by Crippen LogP contribution is 2.36. The van der Waals surface area contributed by atoms with Crippen molar-refractivity contribution in [1.82, 2.24) is 0 Å². The van der Waals surface area contributed by atoms with Crippen molar-refractivity contribution >= 4 is 50.7 Å². The van der Waals surface area contributed by atoms with Crippen molar-refractivity contribution in [2.45, 2.75) is 6.42 Å². The first kappa shape index (κ1) is 13.2. The molecule has 0 aromatic heterocycles. The lowest BCUT2D eigenvalue weighted by Crippen LogP contribution is -2.25. The van der Waals surface area contributed by atoms with Crippen LogP contribution in [0.2, 0.25) is 5.02 Å². The monoisotopic (exact) mass is 332 g/mol. The SMILES string of the molecule is O=C(CCBr)Nc1cc2c(cc1Cl)NC(=O)CO2. The molecule has 1 aliphatic heterocycles. The molecule has 96 valence electrons. The summed E-state index contributed by atoms with van der Waals surface area (Å²) in [5.74, 6) is 0.122. The van der Waals surface area contributed by atoms with Crippen LogP contribution < -0.4 is 15.4 Å². The molecule has 5 nitrogen and oxygen atoms in total. The summed E-state index contributed by atoms with van der Waals surface area (Å²) in [5, 5.41) is 6.24. The average Bonchev–Trinajstić information content (AvgIpc) is 2.31. The zero-order valence-electron chi connectivity index (χ0n) is 9.26. The third-order valence-corrected chi connectivity index (χ3v) is 3.01. The lowest BCUT2D eigenvalue weighted by Gasteiger charge is -2.19. The van der Waals surface area contributed by atoms with Crippen molar-refractivity contribution in [3.05, 3.63) is 17.2 Å². The Labute approximate surface area is 117 Å². The molecule has 0 bridgehead atoms. The molecule has 2 rings (SSSR count). The van der Waals surface area contributed by atoms with E-state index >= 15 is 0 Å². The van der Waals surface area contributed by atoms with E-state index in [0.29, 0.717) is 33.9 Å². The number of anilines is 2. The van der Waals surface area contributed by atoms with Crippen LogP contribution in [0.25, 0.3) is 0 Å². The number of ether oxygens (including phenoxy) is 1. The van der Waals surface area contributed by atoms with Gasteiger partial charge in [0.25, 0.3) is 5.91 Å². The molecule has 0 unspecified atom stereocenters. The van der Waals surface area contributed by atoms with Crippen LogP contribution in [0, 0.1) is 0 Å². The number of carbonyl (C=O) groups is 2. The molecule has 0 atom stereocenters. The Balaban J connectivity index is 2.22. The summed E-state index contributed by atoms with van der Waals surface area (Å²) in [7, 11) is 0. The minimum Gasteiger partial charge on any atom is -0.482 e. The first-order chi connectivity index (χ1) is 8.60. The van der Waals surface area contributed by atoms with Gasteiger partial charge in [-0.05, 0) is 6.07 Å². The molecule has 0 fully saturated rings. The molecule has 1 aromatic rings. The van der Waals surface area contributed by atoms with E-state index in [4.69, 9.17) is 16.3 Å². The van der Waals surface area contributed by atoms with Gasteiger partial charge >= 0.3 is 0 Å². The molecule has 18 heavy (non-hydrogen) atoms. The number of nitrogens with one attached hydrogen (secondary N) is 2. The summed E-state index contributed by atoms with van der Waals surface area (Å²) >= 11 is 9.20. The Morgan fingerprint density at radius 2 is 2.33 bits per heavy atom. The second-order valence-electron chi connectivity index (χ2n) is 3.65. The van der Waals surface area contributed by atoms with Gasteiger partial charge in [-0.25, -0.2) is 0 Å². The lowest BCUT2D eigenvalue weighted by atomic mass is 10.2. The van der Waals surface area contributed by atoms with Gasteiger partial charge in [-0.1, -0.05) is 27.5 Å². The third-order valence-electron chi connectivity index (χ3n) is 2.30. The summed E-state index contributed by atoms with van der Waals surface area (Å²) in [4.78, 5) is 22.6. The predicted octanol–water partition coefficient (Wildman–Crippen LogP) is 2.39. The van der Waals surface area contributed by atoms with Gasteiger partial charge in [0.05, 0.1) is 16.4 Å². The fourth-order valence-corrected chi connectivity index (χ4v) is 2.07. The highest BCUT2D eigenvalue weighted by atomic mass is 79.9. The number of hydrogen-bond donors (Lipinski definition) is 2. The van der Waals surface area contributed by atoms with Crippen molar-refractivity contribution in [3.8, 4) is 5.75 Å². The molecule has 0 spiro atoms. The molecule has 0 saturated heterocycles. The molecule has 2 amide bonds. The molecule has 7 heteroatoms. The molecular weight excluding hydrogens is 323 g/mol. The van der Waals surface area contributed by atoms with Crippen LogP contribution in [0.5, 0.6) is 5.75 Å². The first-order valence-corrected chi connectivity index (χ1v) is 6.72. The normalized spacial score (nSPS) is 13.3. The number of rotatable bonds is 3. The molecule has 1 aromatic carbocycles. The summed E-state index contributed by atoms with van der Waals surface area (Å²) < 4.78 is 5.24. The Morgan fingerprint density at radius 3 is 3.06 bits per heavy atom. The van der Waals surface area contributed by atoms with Gasteiger partial charge in [0.1, 0.15) is 5.75 Å². The van der Waals surface area contributed by atoms with Gasteiger partial charge in [-0.15, -0.1) is 0 Å². The number of amides is 2. The molecular formula is C11H10BrClN2O3. The molecule has 2 N–H and O–H groups in total. The largest absolute Gasteiger partial charge is 0.482 e. The van der Waals surface area contributed by atoms with Gasteiger partial charge in [0.2, 0.25) is 5.91 Å². The van der Waals surface area contributed by atoms with E-state index in [9.17, 15) is 9.59 Å². The molecule has 1 aliphatic rings. The van der Waals surface area contributed by atoms with E-state index in [0.717, 1.165) is 0 Å². The van der Waals surface area contributed by atoms with E-state index in [1.807, 2.05) is 0 Å². The van der Waals surface area contributed by atoms with E-state index in [-0.39, 0.29) is 18.4 Å². The minimum absolute atomic E-state index is 0.0383. The predicted molar refractivity (Wildman–Crippen MR) is 72.6 cm³/mol. The van der Waals surface area contributed by atoms with Crippen LogP contribution in [0.4, 0.5) is 11.4 Å². The lowest BCUT2D eigenvalue weighted by molar-refractivity contribution is -0.118. The van der Waals surface area contributed by atoms with Crippen LogP contribution in [0.15, 0.2) is 12.1 Å². The maximum Gasteiger partial charge on any atom is 0.262 e. The van der Waals surface area contributed by atoms with Gasteiger partial charge in [0, 0.05) is 17.8 Å².